The summed E-state index contributed by atoms with van der Waals surface area (Å²) in [7, 11) is 1.97. The van der Waals surface area contributed by atoms with Crippen molar-refractivity contribution in [1.82, 2.24) is 10.2 Å². The number of carbonyl (C=O) groups is 1. The van der Waals surface area contributed by atoms with E-state index in [0.717, 1.165) is 32.2 Å². The summed E-state index contributed by atoms with van der Waals surface area (Å²) in [4.78, 5) is 15.1. The molecular formula is C21H24N2O. The molecule has 0 bridgehead atoms. The van der Waals surface area contributed by atoms with Crippen LogP contribution in [0.2, 0.25) is 0 Å². The summed E-state index contributed by atoms with van der Waals surface area (Å²) in [5.41, 5.74) is 5.34. The first-order valence-electron chi connectivity index (χ1n) is 8.88. The fourth-order valence-corrected chi connectivity index (χ4v) is 4.16. The molecule has 0 fully saturated rings. The molecule has 1 unspecified atom stereocenters. The summed E-state index contributed by atoms with van der Waals surface area (Å²) >= 11 is 0. The topological polar surface area (TPSA) is 32.3 Å². The number of carbonyl (C=O) groups excluding carboxylic acids is 1. The number of rotatable bonds is 2. The van der Waals surface area contributed by atoms with Crippen molar-refractivity contribution in [2.45, 2.75) is 44.3 Å². The molecule has 2 aliphatic rings. The van der Waals surface area contributed by atoms with Gasteiger partial charge in [0.1, 0.15) is 0 Å². The largest absolute Gasteiger partial charge is 0.337 e. The van der Waals surface area contributed by atoms with Gasteiger partial charge in [-0.1, -0.05) is 48.5 Å². The Morgan fingerprint density at radius 1 is 1.04 bits per heavy atom. The van der Waals surface area contributed by atoms with Crippen LogP contribution >= 0.6 is 0 Å². The summed E-state index contributed by atoms with van der Waals surface area (Å²) in [6, 6.07) is 17.1. The highest BCUT2D eigenvalue weighted by Crippen LogP contribution is 2.34. The molecule has 0 aromatic heterocycles. The molecule has 2 atom stereocenters. The van der Waals surface area contributed by atoms with Crippen molar-refractivity contribution in [3.05, 3.63) is 70.8 Å². The third-order valence-electron chi connectivity index (χ3n) is 5.53. The zero-order chi connectivity index (χ0) is 16.5. The van der Waals surface area contributed by atoms with Crippen molar-refractivity contribution in [2.24, 2.45) is 0 Å². The van der Waals surface area contributed by atoms with Crippen molar-refractivity contribution in [3.8, 4) is 0 Å². The van der Waals surface area contributed by atoms with Crippen LogP contribution in [0.25, 0.3) is 0 Å². The number of nitrogens with zero attached hydrogens (tertiary/aromatic N) is 1. The molecule has 1 N–H and O–H groups in total. The Labute approximate surface area is 143 Å². The van der Waals surface area contributed by atoms with Gasteiger partial charge >= 0.3 is 0 Å². The molecule has 0 spiro atoms. The minimum atomic E-state index is -0.112. The van der Waals surface area contributed by atoms with E-state index < -0.39 is 0 Å². The SMILES string of the molecule is CN(C(=O)C1Cc2ccccc2CN1)[C@@H]1CCCc2ccccc21. The van der Waals surface area contributed by atoms with Gasteiger partial charge in [-0.05, 0) is 47.9 Å². The quantitative estimate of drug-likeness (QED) is 0.921. The number of aryl methyl sites for hydroxylation is 1. The van der Waals surface area contributed by atoms with Gasteiger partial charge in [0.2, 0.25) is 5.91 Å². The Morgan fingerprint density at radius 2 is 1.75 bits per heavy atom. The first-order chi connectivity index (χ1) is 11.7. The summed E-state index contributed by atoms with van der Waals surface area (Å²) in [5.74, 6) is 0.214. The molecule has 1 aliphatic heterocycles. The summed E-state index contributed by atoms with van der Waals surface area (Å²) in [6.45, 7) is 0.779. The second-order valence-electron chi connectivity index (χ2n) is 6.96. The van der Waals surface area contributed by atoms with Crippen LogP contribution in [0, 0.1) is 0 Å². The molecule has 1 heterocycles. The van der Waals surface area contributed by atoms with Crippen molar-refractivity contribution < 1.29 is 4.79 Å². The highest BCUT2D eigenvalue weighted by atomic mass is 16.2. The van der Waals surface area contributed by atoms with Crippen LogP contribution in [0.3, 0.4) is 0 Å². The molecule has 3 nitrogen and oxygen atoms in total. The molecule has 0 saturated carbocycles. The maximum Gasteiger partial charge on any atom is 0.240 e. The van der Waals surface area contributed by atoms with E-state index >= 15 is 0 Å². The van der Waals surface area contributed by atoms with Crippen molar-refractivity contribution >= 4 is 5.91 Å². The average Bonchev–Trinajstić information content (AvgIpc) is 2.66. The lowest BCUT2D eigenvalue weighted by molar-refractivity contribution is -0.134. The first-order valence-corrected chi connectivity index (χ1v) is 8.88. The van der Waals surface area contributed by atoms with Crippen LogP contribution in [-0.2, 0) is 24.2 Å². The Balaban J connectivity index is 1.54. The van der Waals surface area contributed by atoms with Crippen molar-refractivity contribution in [1.29, 1.82) is 0 Å². The van der Waals surface area contributed by atoms with Crippen LogP contribution in [0.4, 0.5) is 0 Å². The molecule has 124 valence electrons. The highest BCUT2D eigenvalue weighted by molar-refractivity contribution is 5.83. The molecule has 2 aromatic rings. The minimum Gasteiger partial charge on any atom is -0.337 e. The van der Waals surface area contributed by atoms with Gasteiger partial charge in [0, 0.05) is 13.6 Å². The molecular weight excluding hydrogens is 296 g/mol. The molecule has 1 amide bonds. The van der Waals surface area contributed by atoms with Crippen LogP contribution in [0.5, 0.6) is 0 Å². The maximum atomic E-state index is 13.1. The van der Waals surface area contributed by atoms with Gasteiger partial charge in [0.15, 0.2) is 0 Å². The Bertz CT molecular complexity index is 755. The van der Waals surface area contributed by atoms with E-state index in [1.807, 2.05) is 11.9 Å². The molecule has 1 aliphatic carbocycles. The lowest BCUT2D eigenvalue weighted by Crippen LogP contribution is -2.49. The molecule has 2 aromatic carbocycles. The van der Waals surface area contributed by atoms with E-state index in [0.29, 0.717) is 0 Å². The highest BCUT2D eigenvalue weighted by Gasteiger charge is 2.32. The van der Waals surface area contributed by atoms with E-state index in [1.165, 1.54) is 22.3 Å². The van der Waals surface area contributed by atoms with Crippen LogP contribution in [0.1, 0.15) is 41.1 Å². The van der Waals surface area contributed by atoms with E-state index in [-0.39, 0.29) is 18.0 Å². The number of likely N-dealkylation sites (N-methyl/N-ethyl adjacent to an activating group) is 1. The van der Waals surface area contributed by atoms with Gasteiger partial charge in [-0.25, -0.2) is 0 Å². The van der Waals surface area contributed by atoms with Gasteiger partial charge in [-0.3, -0.25) is 4.79 Å². The minimum absolute atomic E-state index is 0.112. The van der Waals surface area contributed by atoms with Gasteiger partial charge in [-0.15, -0.1) is 0 Å². The predicted octanol–water partition coefficient (Wildman–Crippen LogP) is 3.24. The lowest BCUT2D eigenvalue weighted by atomic mass is 9.86. The monoisotopic (exact) mass is 320 g/mol. The number of hydrogen-bond acceptors (Lipinski definition) is 2. The normalized spacial score (nSPS) is 22.4. The fraction of sp³-hybridized carbons (Fsp3) is 0.381. The molecule has 0 saturated heterocycles. The van der Waals surface area contributed by atoms with E-state index in [1.54, 1.807) is 0 Å². The summed E-state index contributed by atoms with van der Waals surface area (Å²) < 4.78 is 0. The van der Waals surface area contributed by atoms with Gasteiger partial charge in [0.25, 0.3) is 0 Å². The van der Waals surface area contributed by atoms with Crippen LogP contribution in [0.15, 0.2) is 48.5 Å². The first kappa shape index (κ1) is 15.4. The van der Waals surface area contributed by atoms with Crippen LogP contribution in [-0.4, -0.2) is 23.9 Å². The Hall–Kier alpha value is -2.13. The number of fused-ring (bicyclic) bond motifs is 2. The fourth-order valence-electron chi connectivity index (χ4n) is 4.16. The van der Waals surface area contributed by atoms with Gasteiger partial charge in [0.05, 0.1) is 12.1 Å². The Kier molecular flexibility index (Phi) is 4.11. The van der Waals surface area contributed by atoms with E-state index in [4.69, 9.17) is 0 Å². The predicted molar refractivity (Wildman–Crippen MR) is 95.7 cm³/mol. The molecule has 0 radical (unpaired) electrons. The number of hydrogen-bond donors (Lipinski definition) is 1. The van der Waals surface area contributed by atoms with Gasteiger partial charge < -0.3 is 10.2 Å². The molecule has 24 heavy (non-hydrogen) atoms. The third-order valence-corrected chi connectivity index (χ3v) is 5.53. The van der Waals surface area contributed by atoms with E-state index in [9.17, 15) is 4.79 Å². The zero-order valence-corrected chi connectivity index (χ0v) is 14.2. The maximum absolute atomic E-state index is 13.1. The lowest BCUT2D eigenvalue weighted by Gasteiger charge is -2.36. The number of nitrogens with one attached hydrogen (secondary N) is 1. The van der Waals surface area contributed by atoms with Crippen molar-refractivity contribution in [3.63, 3.8) is 0 Å². The molecule has 3 heteroatoms. The molecule has 4 rings (SSSR count). The van der Waals surface area contributed by atoms with Crippen molar-refractivity contribution in [2.75, 3.05) is 7.05 Å². The standard InChI is InChI=1S/C21H24N2O/c1-23(20-12-6-10-15-7-4-5-11-18(15)20)21(24)19-13-16-8-2-3-9-17(16)14-22-19/h2-5,7-9,11,19-20,22H,6,10,12-14H2,1H3/t19?,20-/m1/s1. The average molecular weight is 320 g/mol. The van der Waals surface area contributed by atoms with Crippen LogP contribution < -0.4 is 5.32 Å². The van der Waals surface area contributed by atoms with Gasteiger partial charge in [-0.2, -0.15) is 0 Å². The van der Waals surface area contributed by atoms with E-state index in [2.05, 4.69) is 53.8 Å². The zero-order valence-electron chi connectivity index (χ0n) is 14.2. The summed E-state index contributed by atoms with van der Waals surface area (Å²) in [5, 5.41) is 3.43. The third kappa shape index (κ3) is 2.73. The number of amides is 1. The Morgan fingerprint density at radius 3 is 2.58 bits per heavy atom. The second kappa shape index (κ2) is 6.40. The smallest absolute Gasteiger partial charge is 0.240 e. The second-order valence-corrected chi connectivity index (χ2v) is 6.96. The number of benzene rings is 2. The summed E-state index contributed by atoms with van der Waals surface area (Å²) in [6.07, 6.45) is 4.13.